The zero-order valence-corrected chi connectivity index (χ0v) is 14.8. The zero-order chi connectivity index (χ0) is 16.4. The summed E-state index contributed by atoms with van der Waals surface area (Å²) in [5.41, 5.74) is 1.28. The van der Waals surface area contributed by atoms with Gasteiger partial charge in [0.1, 0.15) is 0 Å². The molecule has 1 aromatic carbocycles. The minimum Gasteiger partial charge on any atom is -0.340 e. The summed E-state index contributed by atoms with van der Waals surface area (Å²) in [7, 11) is 0. The van der Waals surface area contributed by atoms with Crippen molar-refractivity contribution >= 4 is 17.5 Å². The molecule has 0 aliphatic carbocycles. The molecule has 2 atom stereocenters. The lowest BCUT2D eigenvalue weighted by atomic mass is 10.0. The van der Waals surface area contributed by atoms with Crippen molar-refractivity contribution in [2.75, 3.05) is 39.3 Å². The Labute approximate surface area is 144 Å². The molecule has 2 aliphatic heterocycles. The van der Waals surface area contributed by atoms with Gasteiger partial charge in [-0.3, -0.25) is 14.6 Å². The van der Waals surface area contributed by atoms with Gasteiger partial charge in [-0.15, -0.1) is 0 Å². The van der Waals surface area contributed by atoms with Crippen LogP contribution in [0.15, 0.2) is 24.3 Å². The maximum absolute atomic E-state index is 11.5. The van der Waals surface area contributed by atoms with Crippen molar-refractivity contribution in [1.29, 1.82) is 0 Å². The molecular formula is C18H26ClN3O. The van der Waals surface area contributed by atoms with E-state index >= 15 is 0 Å². The van der Waals surface area contributed by atoms with Crippen molar-refractivity contribution in [2.45, 2.75) is 26.4 Å². The first-order chi connectivity index (χ1) is 11.0. The van der Waals surface area contributed by atoms with Gasteiger partial charge in [0.25, 0.3) is 0 Å². The predicted octanol–water partition coefficient (Wildman–Crippen LogP) is 2.32. The van der Waals surface area contributed by atoms with Gasteiger partial charge >= 0.3 is 0 Å². The summed E-state index contributed by atoms with van der Waals surface area (Å²) in [4.78, 5) is 18.5. The number of likely N-dealkylation sites (tertiary alicyclic amines) is 1. The highest BCUT2D eigenvalue weighted by molar-refractivity contribution is 6.30. The Morgan fingerprint density at radius 3 is 2.61 bits per heavy atom. The van der Waals surface area contributed by atoms with Crippen molar-refractivity contribution < 1.29 is 4.79 Å². The first-order valence-corrected chi connectivity index (χ1v) is 8.87. The van der Waals surface area contributed by atoms with E-state index in [1.165, 1.54) is 5.56 Å². The topological polar surface area (TPSA) is 26.8 Å². The maximum atomic E-state index is 11.5. The highest BCUT2D eigenvalue weighted by Gasteiger charge is 2.35. The standard InChI is InChI=1S/C18H26ClN3O/c1-14-11-20(12-16-4-3-5-17(19)10-16)13-18(14)22-8-6-21(7-9-22)15(2)23/h3-5,10,14,18H,6-9,11-13H2,1-2H3/t14-,18-/m1/s1. The van der Waals surface area contributed by atoms with Crippen LogP contribution in [-0.2, 0) is 11.3 Å². The van der Waals surface area contributed by atoms with Gasteiger partial charge in [0.2, 0.25) is 5.91 Å². The number of amides is 1. The second-order valence-corrected chi connectivity index (χ2v) is 7.35. The van der Waals surface area contributed by atoms with Crippen LogP contribution in [0.25, 0.3) is 0 Å². The average molecular weight is 336 g/mol. The molecule has 0 aromatic heterocycles. The normalized spacial score (nSPS) is 26.7. The van der Waals surface area contributed by atoms with Gasteiger partial charge in [-0.05, 0) is 23.6 Å². The van der Waals surface area contributed by atoms with Crippen LogP contribution >= 0.6 is 11.6 Å². The van der Waals surface area contributed by atoms with E-state index in [9.17, 15) is 4.79 Å². The summed E-state index contributed by atoms with van der Waals surface area (Å²) in [6, 6.07) is 8.76. The lowest BCUT2D eigenvalue weighted by Crippen LogP contribution is -2.53. The first-order valence-electron chi connectivity index (χ1n) is 8.49. The van der Waals surface area contributed by atoms with Gasteiger partial charge in [0, 0.05) is 63.8 Å². The van der Waals surface area contributed by atoms with Crippen molar-refractivity contribution in [3.05, 3.63) is 34.9 Å². The quantitative estimate of drug-likeness (QED) is 0.848. The molecule has 1 amide bonds. The molecule has 2 saturated heterocycles. The molecule has 4 nitrogen and oxygen atoms in total. The SMILES string of the molecule is CC(=O)N1CCN([C@@H]2CN(Cc3cccc(Cl)c3)C[C@H]2C)CC1. The van der Waals surface area contributed by atoms with Crippen LogP contribution in [0.4, 0.5) is 0 Å². The fraction of sp³-hybridized carbons (Fsp3) is 0.611. The molecule has 2 aliphatic rings. The van der Waals surface area contributed by atoms with Crippen molar-refractivity contribution in [3.8, 4) is 0 Å². The monoisotopic (exact) mass is 335 g/mol. The fourth-order valence-corrected chi connectivity index (χ4v) is 4.13. The highest BCUT2D eigenvalue weighted by Crippen LogP contribution is 2.25. The van der Waals surface area contributed by atoms with Crippen LogP contribution in [0.2, 0.25) is 5.02 Å². The second-order valence-electron chi connectivity index (χ2n) is 6.91. The Morgan fingerprint density at radius 1 is 1.22 bits per heavy atom. The molecule has 23 heavy (non-hydrogen) atoms. The van der Waals surface area contributed by atoms with E-state index in [1.54, 1.807) is 6.92 Å². The van der Waals surface area contributed by atoms with E-state index in [1.807, 2.05) is 17.0 Å². The van der Waals surface area contributed by atoms with Crippen LogP contribution in [0, 0.1) is 5.92 Å². The minimum absolute atomic E-state index is 0.201. The average Bonchev–Trinajstić information content (AvgIpc) is 2.88. The number of halogens is 1. The lowest BCUT2D eigenvalue weighted by Gasteiger charge is -2.39. The molecule has 5 heteroatoms. The van der Waals surface area contributed by atoms with Crippen LogP contribution < -0.4 is 0 Å². The number of hydrogen-bond acceptors (Lipinski definition) is 3. The van der Waals surface area contributed by atoms with Crippen LogP contribution in [-0.4, -0.2) is 65.9 Å². The van der Waals surface area contributed by atoms with Gasteiger partial charge in [0.15, 0.2) is 0 Å². The number of benzene rings is 1. The van der Waals surface area contributed by atoms with Gasteiger partial charge in [-0.25, -0.2) is 0 Å². The minimum atomic E-state index is 0.201. The molecule has 0 N–H and O–H groups in total. The molecule has 3 rings (SSSR count). The zero-order valence-electron chi connectivity index (χ0n) is 14.0. The van der Waals surface area contributed by atoms with Crippen LogP contribution in [0.5, 0.6) is 0 Å². The summed E-state index contributed by atoms with van der Waals surface area (Å²) in [6.07, 6.45) is 0. The molecule has 1 aromatic rings. The number of carbonyl (C=O) groups excluding carboxylic acids is 1. The van der Waals surface area contributed by atoms with Gasteiger partial charge < -0.3 is 4.90 Å². The Morgan fingerprint density at radius 2 is 1.96 bits per heavy atom. The molecule has 0 bridgehead atoms. The first kappa shape index (κ1) is 16.7. The Balaban J connectivity index is 1.55. The highest BCUT2D eigenvalue weighted by atomic mass is 35.5. The van der Waals surface area contributed by atoms with Crippen molar-refractivity contribution in [3.63, 3.8) is 0 Å². The number of piperazine rings is 1. The van der Waals surface area contributed by atoms with Crippen molar-refractivity contribution in [1.82, 2.24) is 14.7 Å². The van der Waals surface area contributed by atoms with Gasteiger partial charge in [0.05, 0.1) is 0 Å². The van der Waals surface area contributed by atoms with Gasteiger partial charge in [-0.1, -0.05) is 30.7 Å². The van der Waals surface area contributed by atoms with E-state index in [-0.39, 0.29) is 5.91 Å². The number of carbonyl (C=O) groups is 1. The number of nitrogens with zero attached hydrogens (tertiary/aromatic N) is 3. The van der Waals surface area contributed by atoms with Crippen molar-refractivity contribution in [2.24, 2.45) is 5.92 Å². The molecular weight excluding hydrogens is 310 g/mol. The number of hydrogen-bond donors (Lipinski definition) is 0. The maximum Gasteiger partial charge on any atom is 0.219 e. The predicted molar refractivity (Wildman–Crippen MR) is 93.5 cm³/mol. The molecule has 0 unspecified atom stereocenters. The summed E-state index contributed by atoms with van der Waals surface area (Å²) >= 11 is 6.09. The summed E-state index contributed by atoms with van der Waals surface area (Å²) in [6.45, 7) is 11.0. The fourth-order valence-electron chi connectivity index (χ4n) is 3.91. The second kappa shape index (κ2) is 7.20. The largest absolute Gasteiger partial charge is 0.340 e. The van der Waals surface area contributed by atoms with Crippen LogP contribution in [0.3, 0.4) is 0 Å². The van der Waals surface area contributed by atoms with E-state index in [0.717, 1.165) is 50.8 Å². The number of rotatable bonds is 3. The van der Waals surface area contributed by atoms with Crippen LogP contribution in [0.1, 0.15) is 19.4 Å². The molecule has 2 heterocycles. The Hall–Kier alpha value is -1.10. The van der Waals surface area contributed by atoms with Gasteiger partial charge in [-0.2, -0.15) is 0 Å². The summed E-state index contributed by atoms with van der Waals surface area (Å²) in [5, 5.41) is 0.812. The van der Waals surface area contributed by atoms with E-state index in [4.69, 9.17) is 11.6 Å². The summed E-state index contributed by atoms with van der Waals surface area (Å²) < 4.78 is 0. The summed E-state index contributed by atoms with van der Waals surface area (Å²) in [5.74, 6) is 0.866. The molecule has 126 valence electrons. The molecule has 0 saturated carbocycles. The van der Waals surface area contributed by atoms with E-state index in [0.29, 0.717) is 12.0 Å². The third-order valence-electron chi connectivity index (χ3n) is 5.17. The van der Waals surface area contributed by atoms with E-state index < -0.39 is 0 Å². The molecule has 2 fully saturated rings. The lowest BCUT2D eigenvalue weighted by molar-refractivity contribution is -0.130. The third-order valence-corrected chi connectivity index (χ3v) is 5.41. The third kappa shape index (κ3) is 4.06. The molecule has 0 radical (unpaired) electrons. The Kier molecular flexibility index (Phi) is 5.24. The Bertz CT molecular complexity index is 557. The van der Waals surface area contributed by atoms with E-state index in [2.05, 4.69) is 28.9 Å². The smallest absolute Gasteiger partial charge is 0.219 e. The molecule has 0 spiro atoms.